The molecule has 0 saturated carbocycles. The van der Waals surface area contributed by atoms with Crippen LogP contribution in [-0.2, 0) is 17.6 Å². The van der Waals surface area contributed by atoms with Crippen LogP contribution < -0.4 is 5.48 Å². The van der Waals surface area contributed by atoms with Gasteiger partial charge in [0.2, 0.25) is 0 Å². The van der Waals surface area contributed by atoms with Crippen LogP contribution in [0, 0.1) is 5.82 Å². The lowest BCUT2D eigenvalue weighted by Gasteiger charge is -2.13. The Hall–Kier alpha value is -3.08. The number of anilines is 1. The van der Waals surface area contributed by atoms with Crippen LogP contribution in [0.1, 0.15) is 18.2 Å². The van der Waals surface area contributed by atoms with Gasteiger partial charge in [-0.25, -0.2) is 4.39 Å². The van der Waals surface area contributed by atoms with Crippen molar-refractivity contribution in [1.82, 2.24) is 14.9 Å². The zero-order chi connectivity index (χ0) is 24.5. The normalized spacial score (nSPS) is 11.7. The molecular weight excluding hydrogens is 499 g/mol. The molecule has 0 spiro atoms. The number of rotatable bonds is 7. The number of nitrogens with one attached hydrogen (secondary N) is 1. The van der Waals surface area contributed by atoms with Crippen molar-refractivity contribution in [2.24, 2.45) is 0 Å². The molecular formula is C22H16Cl2F4N4O2. The monoisotopic (exact) mass is 514 g/mol. The lowest BCUT2D eigenvalue weighted by molar-refractivity contribution is -0.143. The Labute approximate surface area is 201 Å². The predicted molar refractivity (Wildman–Crippen MR) is 119 cm³/mol. The number of hydrogen-bond donors (Lipinski definition) is 1. The van der Waals surface area contributed by atoms with Gasteiger partial charge < -0.3 is 4.52 Å². The predicted octanol–water partition coefficient (Wildman–Crippen LogP) is 7.08. The van der Waals surface area contributed by atoms with Crippen molar-refractivity contribution < 1.29 is 26.9 Å². The Morgan fingerprint density at radius 1 is 1.12 bits per heavy atom. The molecule has 0 aliphatic rings. The van der Waals surface area contributed by atoms with E-state index in [1.54, 1.807) is 13.0 Å². The molecule has 2 aromatic heterocycles. The van der Waals surface area contributed by atoms with Gasteiger partial charge in [-0.2, -0.15) is 18.3 Å². The summed E-state index contributed by atoms with van der Waals surface area (Å²) >= 11 is 12.1. The minimum absolute atomic E-state index is 0.0519. The molecule has 0 atom stereocenters. The van der Waals surface area contributed by atoms with E-state index in [1.165, 1.54) is 30.3 Å². The summed E-state index contributed by atoms with van der Waals surface area (Å²) < 4.78 is 62.0. The summed E-state index contributed by atoms with van der Waals surface area (Å²) in [5, 5.41) is 8.36. The molecule has 0 aliphatic heterocycles. The second-order valence-electron chi connectivity index (χ2n) is 7.09. The SMILES string of the molecule is CCONc1c(-c2ccc(Cl)c(Cl)c2)noc1-c1cnn(Cc2cccc(F)c2)c1C(F)(F)F. The number of benzene rings is 2. The molecule has 34 heavy (non-hydrogen) atoms. The third-order valence-corrected chi connectivity index (χ3v) is 5.52. The van der Waals surface area contributed by atoms with Gasteiger partial charge in [-0.3, -0.25) is 15.0 Å². The van der Waals surface area contributed by atoms with Crippen LogP contribution in [-0.4, -0.2) is 21.5 Å². The summed E-state index contributed by atoms with van der Waals surface area (Å²) in [5.74, 6) is -0.810. The van der Waals surface area contributed by atoms with Gasteiger partial charge in [-0.15, -0.1) is 0 Å². The van der Waals surface area contributed by atoms with Gasteiger partial charge in [-0.1, -0.05) is 46.6 Å². The third-order valence-electron chi connectivity index (χ3n) is 4.78. The highest BCUT2D eigenvalue weighted by atomic mass is 35.5. The minimum atomic E-state index is -4.81. The third kappa shape index (κ3) is 4.89. The van der Waals surface area contributed by atoms with Crippen LogP contribution in [0.4, 0.5) is 23.2 Å². The van der Waals surface area contributed by atoms with Crippen LogP contribution in [0.2, 0.25) is 10.0 Å². The number of alkyl halides is 3. The fourth-order valence-electron chi connectivity index (χ4n) is 3.33. The van der Waals surface area contributed by atoms with Crippen molar-refractivity contribution in [1.29, 1.82) is 0 Å². The minimum Gasteiger partial charge on any atom is -0.353 e. The molecule has 2 heterocycles. The maximum absolute atomic E-state index is 14.1. The summed E-state index contributed by atoms with van der Waals surface area (Å²) in [6.45, 7) is 1.59. The first kappa shape index (κ1) is 24.1. The number of hydrogen-bond acceptors (Lipinski definition) is 5. The van der Waals surface area contributed by atoms with Crippen molar-refractivity contribution in [2.75, 3.05) is 12.1 Å². The fraction of sp³-hybridized carbons (Fsp3) is 0.182. The van der Waals surface area contributed by atoms with Crippen molar-refractivity contribution >= 4 is 28.9 Å². The molecule has 6 nitrogen and oxygen atoms in total. The Kier molecular flexibility index (Phi) is 6.83. The van der Waals surface area contributed by atoms with E-state index in [2.05, 4.69) is 15.7 Å². The summed E-state index contributed by atoms with van der Waals surface area (Å²) in [6.07, 6.45) is -3.79. The highest BCUT2D eigenvalue weighted by Crippen LogP contribution is 2.43. The average Bonchev–Trinajstić information content (AvgIpc) is 3.38. The molecule has 0 bridgehead atoms. The van der Waals surface area contributed by atoms with E-state index < -0.39 is 17.7 Å². The van der Waals surface area contributed by atoms with E-state index in [-0.39, 0.29) is 40.9 Å². The number of aromatic nitrogens is 3. The van der Waals surface area contributed by atoms with E-state index in [4.69, 9.17) is 32.6 Å². The van der Waals surface area contributed by atoms with Gasteiger partial charge >= 0.3 is 6.18 Å². The van der Waals surface area contributed by atoms with Crippen molar-refractivity contribution in [3.05, 3.63) is 75.8 Å². The van der Waals surface area contributed by atoms with Crippen LogP contribution in [0.3, 0.4) is 0 Å². The summed E-state index contributed by atoms with van der Waals surface area (Å²) in [6, 6.07) is 9.87. The van der Waals surface area contributed by atoms with Gasteiger partial charge in [-0.05, 0) is 36.8 Å². The van der Waals surface area contributed by atoms with Crippen LogP contribution in [0.5, 0.6) is 0 Å². The Balaban J connectivity index is 1.84. The quantitative estimate of drug-likeness (QED) is 0.211. The Morgan fingerprint density at radius 2 is 1.91 bits per heavy atom. The smallest absolute Gasteiger partial charge is 0.353 e. The molecule has 4 rings (SSSR count). The lowest BCUT2D eigenvalue weighted by Crippen LogP contribution is -2.16. The second kappa shape index (κ2) is 9.65. The first-order valence-corrected chi connectivity index (χ1v) is 10.6. The first-order valence-electron chi connectivity index (χ1n) is 9.89. The average molecular weight is 515 g/mol. The molecule has 2 aromatic carbocycles. The largest absolute Gasteiger partial charge is 0.433 e. The highest BCUT2D eigenvalue weighted by Gasteiger charge is 2.40. The van der Waals surface area contributed by atoms with Crippen LogP contribution >= 0.6 is 23.2 Å². The van der Waals surface area contributed by atoms with Gasteiger partial charge in [0, 0.05) is 5.56 Å². The summed E-state index contributed by atoms with van der Waals surface area (Å²) in [4.78, 5) is 5.24. The molecule has 0 aliphatic carbocycles. The van der Waals surface area contributed by atoms with E-state index in [9.17, 15) is 17.6 Å². The van der Waals surface area contributed by atoms with Gasteiger partial charge in [0.1, 0.15) is 17.2 Å². The topological polar surface area (TPSA) is 65.1 Å². The molecule has 0 fully saturated rings. The number of nitrogens with zero attached hydrogens (tertiary/aromatic N) is 3. The second-order valence-corrected chi connectivity index (χ2v) is 7.91. The van der Waals surface area contributed by atoms with Crippen molar-refractivity contribution in [2.45, 2.75) is 19.6 Å². The van der Waals surface area contributed by atoms with E-state index >= 15 is 0 Å². The van der Waals surface area contributed by atoms with Crippen molar-refractivity contribution in [3.63, 3.8) is 0 Å². The lowest BCUT2D eigenvalue weighted by atomic mass is 10.1. The van der Waals surface area contributed by atoms with Gasteiger partial charge in [0.25, 0.3) is 0 Å². The van der Waals surface area contributed by atoms with E-state index in [0.717, 1.165) is 16.9 Å². The van der Waals surface area contributed by atoms with Gasteiger partial charge in [0.05, 0.1) is 35.0 Å². The number of halogens is 6. The van der Waals surface area contributed by atoms with Gasteiger partial charge in [0.15, 0.2) is 11.5 Å². The molecule has 0 radical (unpaired) electrons. The molecule has 0 unspecified atom stereocenters. The Morgan fingerprint density at radius 3 is 2.59 bits per heavy atom. The summed E-state index contributed by atoms with van der Waals surface area (Å²) in [7, 11) is 0. The molecule has 12 heteroatoms. The highest BCUT2D eigenvalue weighted by molar-refractivity contribution is 6.42. The molecule has 0 saturated heterocycles. The maximum Gasteiger partial charge on any atom is 0.433 e. The van der Waals surface area contributed by atoms with E-state index in [1.807, 2.05) is 0 Å². The van der Waals surface area contributed by atoms with Crippen molar-refractivity contribution in [3.8, 4) is 22.6 Å². The zero-order valence-corrected chi connectivity index (χ0v) is 19.0. The standard InChI is InChI=1S/C22H16Cl2F4N4O2/c1-2-33-30-19-18(13-6-7-16(23)17(24)9-13)31-34-20(19)15-10-29-32(21(15)22(26,27)28)11-12-4-3-5-14(25)8-12/h3-10,30H,2,11H2,1H3. The maximum atomic E-state index is 14.1. The van der Waals surface area contributed by atoms with Crippen LogP contribution in [0.25, 0.3) is 22.6 Å². The molecule has 4 aromatic rings. The zero-order valence-electron chi connectivity index (χ0n) is 17.5. The molecule has 178 valence electrons. The Bertz CT molecular complexity index is 1320. The molecule has 1 N–H and O–H groups in total. The fourth-order valence-corrected chi connectivity index (χ4v) is 3.63. The first-order chi connectivity index (χ1) is 16.2. The van der Waals surface area contributed by atoms with Crippen LogP contribution in [0.15, 0.2) is 53.2 Å². The molecule has 0 amide bonds. The summed E-state index contributed by atoms with van der Waals surface area (Å²) in [5.41, 5.74) is 2.10. The van der Waals surface area contributed by atoms with E-state index in [0.29, 0.717) is 16.1 Å².